The zero-order valence-electron chi connectivity index (χ0n) is 13.5. The van der Waals surface area contributed by atoms with E-state index < -0.39 is 0 Å². The summed E-state index contributed by atoms with van der Waals surface area (Å²) in [7, 11) is 3.01. The standard InChI is InChI=1S/C18H18ClNO4/c1-22-16-10-11(9-13(19)17(16)23-2)18(21)20-14-7-8-24-15-6-4-3-5-12(14)15/h3-6,9-10,14H,7-8H2,1-2H3,(H,20,21)/t14-/m1/s1. The Morgan fingerprint density at radius 3 is 2.79 bits per heavy atom. The van der Waals surface area contributed by atoms with Crippen LogP contribution in [-0.2, 0) is 0 Å². The Bertz CT molecular complexity index is 763. The highest BCUT2D eigenvalue weighted by Crippen LogP contribution is 2.36. The number of hydrogen-bond donors (Lipinski definition) is 1. The first-order valence-electron chi connectivity index (χ1n) is 7.58. The second-order valence-electron chi connectivity index (χ2n) is 5.39. The van der Waals surface area contributed by atoms with Crippen LogP contribution >= 0.6 is 11.6 Å². The van der Waals surface area contributed by atoms with Crippen molar-refractivity contribution in [2.75, 3.05) is 20.8 Å². The van der Waals surface area contributed by atoms with Crippen LogP contribution in [0.4, 0.5) is 0 Å². The molecule has 0 unspecified atom stereocenters. The molecule has 0 spiro atoms. The van der Waals surface area contributed by atoms with Gasteiger partial charge in [0.05, 0.1) is 31.9 Å². The van der Waals surface area contributed by atoms with E-state index in [1.165, 1.54) is 14.2 Å². The lowest BCUT2D eigenvalue weighted by Gasteiger charge is -2.26. The molecule has 126 valence electrons. The number of para-hydroxylation sites is 1. The van der Waals surface area contributed by atoms with Gasteiger partial charge in [0.2, 0.25) is 0 Å². The van der Waals surface area contributed by atoms with Crippen molar-refractivity contribution in [3.05, 3.63) is 52.5 Å². The van der Waals surface area contributed by atoms with Crippen LogP contribution in [0.15, 0.2) is 36.4 Å². The maximum atomic E-state index is 12.6. The van der Waals surface area contributed by atoms with Gasteiger partial charge in [0, 0.05) is 17.5 Å². The summed E-state index contributed by atoms with van der Waals surface area (Å²) in [5.74, 6) is 1.41. The molecule has 24 heavy (non-hydrogen) atoms. The smallest absolute Gasteiger partial charge is 0.251 e. The lowest BCUT2D eigenvalue weighted by Crippen LogP contribution is -2.32. The van der Waals surface area contributed by atoms with Gasteiger partial charge in [0.25, 0.3) is 5.91 Å². The number of hydrogen-bond acceptors (Lipinski definition) is 4. The Morgan fingerprint density at radius 2 is 2.04 bits per heavy atom. The third-order valence-electron chi connectivity index (χ3n) is 3.96. The summed E-state index contributed by atoms with van der Waals surface area (Å²) in [6.45, 7) is 0.564. The highest BCUT2D eigenvalue weighted by atomic mass is 35.5. The molecule has 0 saturated heterocycles. The van der Waals surface area contributed by atoms with Gasteiger partial charge in [-0.2, -0.15) is 0 Å². The number of halogens is 1. The van der Waals surface area contributed by atoms with Crippen molar-refractivity contribution in [1.29, 1.82) is 0 Å². The van der Waals surface area contributed by atoms with E-state index in [1.807, 2.05) is 24.3 Å². The largest absolute Gasteiger partial charge is 0.493 e. The van der Waals surface area contributed by atoms with Crippen LogP contribution in [0.5, 0.6) is 17.2 Å². The molecule has 1 aliphatic heterocycles. The van der Waals surface area contributed by atoms with Crippen molar-refractivity contribution in [3.8, 4) is 17.2 Å². The Hall–Kier alpha value is -2.40. The van der Waals surface area contributed by atoms with E-state index in [4.69, 9.17) is 25.8 Å². The molecule has 1 N–H and O–H groups in total. The molecule has 1 amide bonds. The number of benzene rings is 2. The predicted molar refractivity (Wildman–Crippen MR) is 91.3 cm³/mol. The van der Waals surface area contributed by atoms with E-state index in [0.717, 1.165) is 11.3 Å². The van der Waals surface area contributed by atoms with Crippen molar-refractivity contribution in [2.45, 2.75) is 12.5 Å². The summed E-state index contributed by atoms with van der Waals surface area (Å²) < 4.78 is 16.1. The Labute approximate surface area is 145 Å². The number of fused-ring (bicyclic) bond motifs is 1. The summed E-state index contributed by atoms with van der Waals surface area (Å²) >= 11 is 6.18. The summed E-state index contributed by atoms with van der Waals surface area (Å²) in [5.41, 5.74) is 1.39. The van der Waals surface area contributed by atoms with Gasteiger partial charge in [0.1, 0.15) is 5.75 Å². The number of carbonyl (C=O) groups is 1. The lowest BCUT2D eigenvalue weighted by molar-refractivity contribution is 0.0924. The molecule has 0 radical (unpaired) electrons. The molecule has 0 saturated carbocycles. The average molecular weight is 348 g/mol. The number of nitrogens with one attached hydrogen (secondary N) is 1. The van der Waals surface area contributed by atoms with Crippen LogP contribution in [0.2, 0.25) is 5.02 Å². The Morgan fingerprint density at radius 1 is 1.25 bits per heavy atom. The van der Waals surface area contributed by atoms with E-state index >= 15 is 0 Å². The normalized spacial score (nSPS) is 15.9. The zero-order chi connectivity index (χ0) is 17.1. The van der Waals surface area contributed by atoms with Crippen molar-refractivity contribution in [1.82, 2.24) is 5.32 Å². The minimum absolute atomic E-state index is 0.102. The third-order valence-corrected chi connectivity index (χ3v) is 4.24. The summed E-state index contributed by atoms with van der Waals surface area (Å²) in [6, 6.07) is 10.8. The number of carbonyl (C=O) groups excluding carboxylic acids is 1. The van der Waals surface area contributed by atoms with E-state index in [9.17, 15) is 4.79 Å². The van der Waals surface area contributed by atoms with Gasteiger partial charge in [-0.15, -0.1) is 0 Å². The van der Waals surface area contributed by atoms with E-state index in [2.05, 4.69) is 5.32 Å². The average Bonchev–Trinajstić information content (AvgIpc) is 2.61. The minimum Gasteiger partial charge on any atom is -0.493 e. The van der Waals surface area contributed by atoms with Crippen molar-refractivity contribution in [2.24, 2.45) is 0 Å². The number of methoxy groups -OCH3 is 2. The van der Waals surface area contributed by atoms with E-state index in [-0.39, 0.29) is 11.9 Å². The number of rotatable bonds is 4. The molecule has 1 heterocycles. The second kappa shape index (κ2) is 7.01. The topological polar surface area (TPSA) is 56.8 Å². The van der Waals surface area contributed by atoms with Gasteiger partial charge < -0.3 is 19.5 Å². The second-order valence-corrected chi connectivity index (χ2v) is 5.80. The van der Waals surface area contributed by atoms with Gasteiger partial charge in [0.15, 0.2) is 11.5 Å². The Balaban J connectivity index is 1.85. The molecule has 5 nitrogen and oxygen atoms in total. The molecular weight excluding hydrogens is 330 g/mol. The fourth-order valence-corrected chi connectivity index (χ4v) is 3.07. The lowest BCUT2D eigenvalue weighted by atomic mass is 10.00. The third kappa shape index (κ3) is 3.12. The number of amides is 1. The van der Waals surface area contributed by atoms with Gasteiger partial charge in [-0.05, 0) is 18.2 Å². The highest BCUT2D eigenvalue weighted by molar-refractivity contribution is 6.32. The van der Waals surface area contributed by atoms with Crippen molar-refractivity contribution in [3.63, 3.8) is 0 Å². The van der Waals surface area contributed by atoms with E-state index in [0.29, 0.717) is 35.1 Å². The van der Waals surface area contributed by atoms with Crippen LogP contribution in [0.1, 0.15) is 28.4 Å². The number of ether oxygens (including phenoxy) is 3. The molecule has 0 bridgehead atoms. The SMILES string of the molecule is COc1cc(C(=O)N[C@@H]2CCOc3ccccc32)cc(Cl)c1OC. The molecule has 0 aliphatic carbocycles. The first-order chi connectivity index (χ1) is 11.6. The molecule has 2 aromatic carbocycles. The van der Waals surface area contributed by atoms with Crippen LogP contribution < -0.4 is 19.5 Å². The first-order valence-corrected chi connectivity index (χ1v) is 7.96. The van der Waals surface area contributed by atoms with Crippen molar-refractivity contribution < 1.29 is 19.0 Å². The molecule has 1 atom stereocenters. The highest BCUT2D eigenvalue weighted by Gasteiger charge is 2.24. The summed E-state index contributed by atoms with van der Waals surface area (Å²) in [6.07, 6.45) is 0.712. The van der Waals surface area contributed by atoms with Gasteiger partial charge in [-0.3, -0.25) is 4.79 Å². The Kier molecular flexibility index (Phi) is 4.81. The first kappa shape index (κ1) is 16.5. The van der Waals surface area contributed by atoms with Gasteiger partial charge in [-0.1, -0.05) is 29.8 Å². The molecule has 0 aromatic heterocycles. The van der Waals surface area contributed by atoms with Crippen LogP contribution in [-0.4, -0.2) is 26.7 Å². The fraction of sp³-hybridized carbons (Fsp3) is 0.278. The quantitative estimate of drug-likeness (QED) is 0.918. The molecular formula is C18H18ClNO4. The van der Waals surface area contributed by atoms with E-state index in [1.54, 1.807) is 12.1 Å². The fourth-order valence-electron chi connectivity index (χ4n) is 2.78. The minimum atomic E-state index is -0.223. The summed E-state index contributed by atoms with van der Waals surface area (Å²) in [5, 5.41) is 3.36. The molecule has 6 heteroatoms. The molecule has 2 aromatic rings. The molecule has 3 rings (SSSR count). The predicted octanol–water partition coefficient (Wildman–Crippen LogP) is 3.61. The zero-order valence-corrected chi connectivity index (χ0v) is 14.2. The molecule has 0 fully saturated rings. The monoisotopic (exact) mass is 347 g/mol. The maximum Gasteiger partial charge on any atom is 0.251 e. The summed E-state index contributed by atoms with van der Waals surface area (Å²) in [4.78, 5) is 12.6. The maximum absolute atomic E-state index is 12.6. The molecule has 1 aliphatic rings. The van der Waals surface area contributed by atoms with Crippen LogP contribution in [0.25, 0.3) is 0 Å². The van der Waals surface area contributed by atoms with Crippen LogP contribution in [0, 0.1) is 0 Å². The van der Waals surface area contributed by atoms with Crippen molar-refractivity contribution >= 4 is 17.5 Å². The van der Waals surface area contributed by atoms with Gasteiger partial charge in [-0.25, -0.2) is 0 Å². The van der Waals surface area contributed by atoms with Crippen LogP contribution in [0.3, 0.4) is 0 Å². The van der Waals surface area contributed by atoms with Gasteiger partial charge >= 0.3 is 0 Å².